The number of nitrogens with zero attached hydrogens (tertiary/aromatic N) is 4. The number of piperidine rings is 1. The molecule has 0 spiro atoms. The lowest BCUT2D eigenvalue weighted by Crippen LogP contribution is -2.63. The third kappa shape index (κ3) is 2.95. The summed E-state index contributed by atoms with van der Waals surface area (Å²) in [5, 5.41) is 9.06. The lowest BCUT2D eigenvalue weighted by molar-refractivity contribution is 0.00837. The molecule has 1 aliphatic carbocycles. The lowest BCUT2D eigenvalue weighted by Gasteiger charge is -2.50. The van der Waals surface area contributed by atoms with E-state index in [0.29, 0.717) is 23.8 Å². The summed E-state index contributed by atoms with van der Waals surface area (Å²) in [6, 6.07) is 9.91. The Morgan fingerprint density at radius 2 is 1.78 bits per heavy atom. The van der Waals surface area contributed by atoms with Gasteiger partial charge >= 0.3 is 0 Å². The second-order valence-electron chi connectivity index (χ2n) is 8.73. The van der Waals surface area contributed by atoms with E-state index in [0.717, 1.165) is 36.8 Å². The van der Waals surface area contributed by atoms with Crippen molar-refractivity contribution in [3.63, 3.8) is 0 Å². The van der Waals surface area contributed by atoms with Gasteiger partial charge in [0.1, 0.15) is 0 Å². The molecule has 3 heterocycles. The Bertz CT molecular complexity index is 841. The van der Waals surface area contributed by atoms with Gasteiger partial charge in [-0.1, -0.05) is 18.2 Å². The first kappa shape index (κ1) is 17.2. The van der Waals surface area contributed by atoms with Crippen LogP contribution in [0.25, 0.3) is 10.9 Å². The van der Waals surface area contributed by atoms with Crippen LogP contribution < -0.4 is 5.32 Å². The molecule has 2 aromatic rings. The molecule has 1 aromatic heterocycles. The Kier molecular flexibility index (Phi) is 4.20. The maximum atomic E-state index is 13.1. The molecule has 6 heteroatoms. The van der Waals surface area contributed by atoms with Gasteiger partial charge in [-0.2, -0.15) is 5.10 Å². The minimum atomic E-state index is -0.00902. The number of fused-ring (bicyclic) bond motifs is 3. The predicted molar refractivity (Wildman–Crippen MR) is 106 cm³/mol. The number of benzene rings is 1. The van der Waals surface area contributed by atoms with Gasteiger partial charge in [-0.15, -0.1) is 0 Å². The molecule has 5 rings (SSSR count). The molecule has 2 unspecified atom stereocenters. The average molecular weight is 367 g/mol. The Labute approximate surface area is 160 Å². The zero-order valence-electron chi connectivity index (χ0n) is 16.3. The quantitative estimate of drug-likeness (QED) is 0.904. The normalized spacial score (nSPS) is 29.6. The molecule has 1 N–H and O–H groups in total. The SMILES string of the molecule is CN1CC2CC(NC(=O)c3nn(C4CCC4)c4ccccc34)CC(C1)N2C. The fourth-order valence-electron chi connectivity index (χ4n) is 5.12. The second-order valence-corrected chi connectivity index (χ2v) is 8.73. The summed E-state index contributed by atoms with van der Waals surface area (Å²) in [5.41, 5.74) is 1.69. The first-order valence-electron chi connectivity index (χ1n) is 10.3. The molecule has 1 saturated carbocycles. The molecular formula is C21H29N5O. The van der Waals surface area contributed by atoms with Crippen LogP contribution in [0.1, 0.15) is 48.6 Å². The van der Waals surface area contributed by atoms with E-state index in [1.165, 1.54) is 19.3 Å². The van der Waals surface area contributed by atoms with E-state index in [1.54, 1.807) is 0 Å². The molecule has 3 fully saturated rings. The van der Waals surface area contributed by atoms with E-state index >= 15 is 0 Å². The van der Waals surface area contributed by atoms with Gasteiger partial charge in [0.25, 0.3) is 5.91 Å². The van der Waals surface area contributed by atoms with E-state index in [2.05, 4.69) is 40.0 Å². The van der Waals surface area contributed by atoms with Crippen LogP contribution >= 0.6 is 0 Å². The van der Waals surface area contributed by atoms with Gasteiger partial charge in [-0.05, 0) is 52.3 Å². The molecule has 0 radical (unpaired) electrons. The number of aromatic nitrogens is 2. The van der Waals surface area contributed by atoms with Crippen LogP contribution in [-0.4, -0.2) is 70.8 Å². The molecule has 1 aromatic carbocycles. The van der Waals surface area contributed by atoms with E-state index in [9.17, 15) is 4.79 Å². The monoisotopic (exact) mass is 367 g/mol. The highest BCUT2D eigenvalue weighted by atomic mass is 16.2. The first-order valence-corrected chi connectivity index (χ1v) is 10.3. The highest BCUT2D eigenvalue weighted by Crippen LogP contribution is 2.34. The number of rotatable bonds is 3. The Balaban J connectivity index is 1.37. The zero-order valence-corrected chi connectivity index (χ0v) is 16.3. The summed E-state index contributed by atoms with van der Waals surface area (Å²) in [5.74, 6) is -0.00902. The molecule has 1 amide bonds. The van der Waals surface area contributed by atoms with Crippen LogP contribution in [0.3, 0.4) is 0 Å². The Hall–Kier alpha value is -1.92. The highest BCUT2D eigenvalue weighted by Gasteiger charge is 2.39. The van der Waals surface area contributed by atoms with Crippen LogP contribution in [0.2, 0.25) is 0 Å². The largest absolute Gasteiger partial charge is 0.348 e. The first-order chi connectivity index (χ1) is 13.1. The van der Waals surface area contributed by atoms with Crippen LogP contribution in [0.4, 0.5) is 0 Å². The van der Waals surface area contributed by atoms with Crippen LogP contribution in [0, 0.1) is 0 Å². The standard InChI is InChI=1S/C21H29N5O/c1-24-12-16-10-14(11-17(13-24)25(16)2)22-21(27)20-18-8-3-4-9-19(18)26(23-20)15-6-5-7-15/h3-4,8-9,14-17H,5-7,10-13H2,1-2H3,(H,22,27). The molecule has 2 bridgehead atoms. The predicted octanol–water partition coefficient (Wildman–Crippen LogP) is 2.27. The van der Waals surface area contributed by atoms with Crippen LogP contribution in [0.15, 0.2) is 24.3 Å². The number of amides is 1. The van der Waals surface area contributed by atoms with Crippen LogP contribution in [-0.2, 0) is 0 Å². The summed E-state index contributed by atoms with van der Waals surface area (Å²) in [4.78, 5) is 18.0. The lowest BCUT2D eigenvalue weighted by atomic mass is 9.88. The number of likely N-dealkylation sites (tertiary alicyclic amines) is 1. The minimum absolute atomic E-state index is 0.00902. The molecule has 2 atom stereocenters. The van der Waals surface area contributed by atoms with Crippen molar-refractivity contribution in [3.8, 4) is 0 Å². The van der Waals surface area contributed by atoms with Crippen molar-refractivity contribution in [2.45, 2.75) is 56.3 Å². The molecule has 2 aliphatic heterocycles. The number of likely N-dealkylation sites (N-methyl/N-ethyl adjacent to an activating group) is 2. The van der Waals surface area contributed by atoms with Crippen molar-refractivity contribution in [3.05, 3.63) is 30.0 Å². The van der Waals surface area contributed by atoms with Gasteiger partial charge in [-0.25, -0.2) is 0 Å². The van der Waals surface area contributed by atoms with Crippen molar-refractivity contribution >= 4 is 16.8 Å². The topological polar surface area (TPSA) is 53.4 Å². The molecule has 6 nitrogen and oxygen atoms in total. The fraction of sp³-hybridized carbons (Fsp3) is 0.619. The molecule has 144 valence electrons. The number of carbonyl (C=O) groups excluding carboxylic acids is 1. The molecule has 2 saturated heterocycles. The van der Waals surface area contributed by atoms with Crippen LogP contribution in [0.5, 0.6) is 0 Å². The molecule has 27 heavy (non-hydrogen) atoms. The number of para-hydroxylation sites is 1. The Morgan fingerprint density at radius 1 is 1.07 bits per heavy atom. The maximum Gasteiger partial charge on any atom is 0.272 e. The zero-order chi connectivity index (χ0) is 18.5. The van der Waals surface area contributed by atoms with Gasteiger partial charge in [-0.3, -0.25) is 14.4 Å². The minimum Gasteiger partial charge on any atom is -0.348 e. The fourth-order valence-corrected chi connectivity index (χ4v) is 5.12. The number of nitrogens with one attached hydrogen (secondary N) is 1. The summed E-state index contributed by atoms with van der Waals surface area (Å²) in [6.07, 6.45) is 5.62. The summed E-state index contributed by atoms with van der Waals surface area (Å²) >= 11 is 0. The van der Waals surface area contributed by atoms with Gasteiger partial charge < -0.3 is 10.2 Å². The van der Waals surface area contributed by atoms with Gasteiger partial charge in [0.05, 0.1) is 11.6 Å². The number of carbonyl (C=O) groups is 1. The van der Waals surface area contributed by atoms with E-state index in [1.807, 2.05) is 18.2 Å². The maximum absolute atomic E-state index is 13.1. The van der Waals surface area contributed by atoms with E-state index < -0.39 is 0 Å². The van der Waals surface area contributed by atoms with Gasteiger partial charge in [0.15, 0.2) is 5.69 Å². The smallest absolute Gasteiger partial charge is 0.272 e. The Morgan fingerprint density at radius 3 is 2.44 bits per heavy atom. The van der Waals surface area contributed by atoms with Crippen molar-refractivity contribution in [2.75, 3.05) is 27.2 Å². The van der Waals surface area contributed by atoms with Gasteiger partial charge in [0.2, 0.25) is 0 Å². The van der Waals surface area contributed by atoms with Crippen molar-refractivity contribution in [2.24, 2.45) is 0 Å². The third-order valence-electron chi connectivity index (χ3n) is 6.89. The van der Waals surface area contributed by atoms with E-state index in [-0.39, 0.29) is 11.9 Å². The third-order valence-corrected chi connectivity index (χ3v) is 6.89. The summed E-state index contributed by atoms with van der Waals surface area (Å²) in [6.45, 7) is 2.16. The number of hydrogen-bond acceptors (Lipinski definition) is 4. The highest BCUT2D eigenvalue weighted by molar-refractivity contribution is 6.05. The van der Waals surface area contributed by atoms with Crippen molar-refractivity contribution < 1.29 is 4.79 Å². The van der Waals surface area contributed by atoms with Gasteiger partial charge in [0, 0.05) is 36.6 Å². The number of piperazine rings is 1. The molecular weight excluding hydrogens is 338 g/mol. The van der Waals surface area contributed by atoms with E-state index in [4.69, 9.17) is 5.10 Å². The summed E-state index contributed by atoms with van der Waals surface area (Å²) in [7, 11) is 4.43. The second kappa shape index (κ2) is 6.60. The van der Waals surface area contributed by atoms with Crippen molar-refractivity contribution in [1.29, 1.82) is 0 Å². The summed E-state index contributed by atoms with van der Waals surface area (Å²) < 4.78 is 2.09. The average Bonchev–Trinajstić information content (AvgIpc) is 2.95. The number of hydrogen-bond donors (Lipinski definition) is 1. The molecule has 3 aliphatic rings. The van der Waals surface area contributed by atoms with Crippen molar-refractivity contribution in [1.82, 2.24) is 24.9 Å².